The monoisotopic (exact) mass is 282 g/mol. The van der Waals surface area contributed by atoms with E-state index < -0.39 is 0 Å². The fourth-order valence-electron chi connectivity index (χ4n) is 3.28. The molecular weight excluding hydrogens is 252 g/mol. The summed E-state index contributed by atoms with van der Waals surface area (Å²) in [5, 5.41) is 0. The van der Waals surface area contributed by atoms with E-state index >= 15 is 0 Å². The van der Waals surface area contributed by atoms with Gasteiger partial charge in [0, 0.05) is 19.1 Å². The minimum Gasteiger partial charge on any atom is -0.460 e. The van der Waals surface area contributed by atoms with E-state index in [2.05, 4.69) is 9.80 Å². The highest BCUT2D eigenvalue weighted by atomic mass is 16.6. The van der Waals surface area contributed by atoms with Crippen molar-refractivity contribution in [3.63, 3.8) is 0 Å². The summed E-state index contributed by atoms with van der Waals surface area (Å²) >= 11 is 0. The number of carbonyl (C=O) groups is 1. The molecule has 2 fully saturated rings. The van der Waals surface area contributed by atoms with Gasteiger partial charge < -0.3 is 9.64 Å². The molecule has 4 nitrogen and oxygen atoms in total. The first-order valence-corrected chi connectivity index (χ1v) is 8.12. The Balaban J connectivity index is 1.71. The molecule has 0 aromatic rings. The van der Waals surface area contributed by atoms with Crippen LogP contribution >= 0.6 is 0 Å². The van der Waals surface area contributed by atoms with Crippen molar-refractivity contribution in [3.05, 3.63) is 0 Å². The molecule has 0 N–H and O–H groups in total. The van der Waals surface area contributed by atoms with Crippen molar-refractivity contribution in [2.24, 2.45) is 0 Å². The minimum atomic E-state index is -0.364. The summed E-state index contributed by atoms with van der Waals surface area (Å²) in [6.45, 7) is 11.4. The highest BCUT2D eigenvalue weighted by Gasteiger charge is 2.27. The Bertz CT molecular complexity index is 319. The predicted octanol–water partition coefficient (Wildman–Crippen LogP) is 2.28. The predicted molar refractivity (Wildman–Crippen MR) is 80.7 cm³/mol. The van der Waals surface area contributed by atoms with Crippen molar-refractivity contribution in [3.8, 4) is 0 Å². The van der Waals surface area contributed by atoms with Gasteiger partial charge in [0.25, 0.3) is 0 Å². The van der Waals surface area contributed by atoms with E-state index in [1.54, 1.807) is 0 Å². The molecule has 0 aliphatic carbocycles. The van der Waals surface area contributed by atoms with Crippen molar-refractivity contribution >= 4 is 5.97 Å². The van der Waals surface area contributed by atoms with Gasteiger partial charge in [-0.15, -0.1) is 0 Å². The van der Waals surface area contributed by atoms with Crippen LogP contribution in [0.15, 0.2) is 0 Å². The summed E-state index contributed by atoms with van der Waals surface area (Å²) in [6, 6.07) is 0.713. The Morgan fingerprint density at radius 3 is 2.50 bits per heavy atom. The molecule has 4 heteroatoms. The van der Waals surface area contributed by atoms with E-state index in [0.29, 0.717) is 12.5 Å². The molecule has 0 bridgehead atoms. The van der Waals surface area contributed by atoms with Crippen LogP contribution in [0.1, 0.15) is 52.9 Å². The Kier molecular flexibility index (Phi) is 5.44. The van der Waals surface area contributed by atoms with Gasteiger partial charge in [0.15, 0.2) is 0 Å². The lowest BCUT2D eigenvalue weighted by molar-refractivity contribution is -0.155. The lowest BCUT2D eigenvalue weighted by atomic mass is 10.0. The van der Waals surface area contributed by atoms with E-state index in [1.165, 1.54) is 38.8 Å². The van der Waals surface area contributed by atoms with Crippen molar-refractivity contribution < 1.29 is 9.53 Å². The second kappa shape index (κ2) is 6.90. The molecule has 2 aliphatic heterocycles. The number of hydrogen-bond donors (Lipinski definition) is 0. The van der Waals surface area contributed by atoms with Crippen LogP contribution in [0.2, 0.25) is 0 Å². The van der Waals surface area contributed by atoms with Gasteiger partial charge >= 0.3 is 5.97 Å². The molecule has 1 atom stereocenters. The molecule has 0 radical (unpaired) electrons. The third-order valence-electron chi connectivity index (χ3n) is 4.19. The van der Waals surface area contributed by atoms with Crippen LogP contribution in [0.3, 0.4) is 0 Å². The van der Waals surface area contributed by atoms with Crippen LogP contribution < -0.4 is 0 Å². The Labute approximate surface area is 123 Å². The van der Waals surface area contributed by atoms with E-state index in [1.807, 2.05) is 20.8 Å². The maximum absolute atomic E-state index is 11.8. The molecule has 0 saturated carbocycles. The summed E-state index contributed by atoms with van der Waals surface area (Å²) in [7, 11) is 0. The van der Waals surface area contributed by atoms with Crippen LogP contribution in [0, 0.1) is 0 Å². The van der Waals surface area contributed by atoms with Crippen molar-refractivity contribution in [1.29, 1.82) is 0 Å². The lowest BCUT2D eigenvalue weighted by Gasteiger charge is -2.37. The average Bonchev–Trinajstić information content (AvgIpc) is 2.88. The van der Waals surface area contributed by atoms with Crippen LogP contribution in [-0.2, 0) is 9.53 Å². The zero-order chi connectivity index (χ0) is 14.6. The van der Waals surface area contributed by atoms with Crippen molar-refractivity contribution in [1.82, 2.24) is 9.80 Å². The molecule has 20 heavy (non-hydrogen) atoms. The largest absolute Gasteiger partial charge is 0.460 e. The Morgan fingerprint density at radius 1 is 1.15 bits per heavy atom. The molecule has 2 heterocycles. The van der Waals surface area contributed by atoms with Gasteiger partial charge in [-0.05, 0) is 66.1 Å². The lowest BCUT2D eigenvalue weighted by Crippen LogP contribution is -2.47. The van der Waals surface area contributed by atoms with Crippen molar-refractivity contribution in [2.45, 2.75) is 64.5 Å². The van der Waals surface area contributed by atoms with Gasteiger partial charge in [-0.25, -0.2) is 0 Å². The molecular formula is C16H30N2O2. The molecule has 2 saturated heterocycles. The number of hydrogen-bond acceptors (Lipinski definition) is 4. The molecule has 2 aliphatic rings. The standard InChI is InChI=1S/C16H30N2O2/c1-16(2,3)20-15(19)8-12-17-9-6-7-14(13-17)18-10-4-5-11-18/h14H,4-13H2,1-3H3. The van der Waals surface area contributed by atoms with Crippen LogP contribution in [0.25, 0.3) is 0 Å². The van der Waals surface area contributed by atoms with Gasteiger partial charge in [-0.2, -0.15) is 0 Å². The molecule has 0 aromatic carbocycles. The summed E-state index contributed by atoms with van der Waals surface area (Å²) in [5.74, 6) is -0.0687. The quantitative estimate of drug-likeness (QED) is 0.741. The average molecular weight is 282 g/mol. The third-order valence-corrected chi connectivity index (χ3v) is 4.19. The van der Waals surface area contributed by atoms with Crippen molar-refractivity contribution in [2.75, 3.05) is 32.7 Å². The molecule has 0 amide bonds. The highest BCUT2D eigenvalue weighted by molar-refractivity contribution is 5.70. The van der Waals surface area contributed by atoms with Crippen LogP contribution in [0.5, 0.6) is 0 Å². The molecule has 2 rings (SSSR count). The van der Waals surface area contributed by atoms with Gasteiger partial charge in [0.05, 0.1) is 6.42 Å². The maximum atomic E-state index is 11.8. The number of likely N-dealkylation sites (tertiary alicyclic amines) is 2. The number of esters is 1. The third kappa shape index (κ3) is 5.06. The van der Waals surface area contributed by atoms with Crippen LogP contribution in [-0.4, -0.2) is 60.1 Å². The maximum Gasteiger partial charge on any atom is 0.307 e. The summed E-state index contributed by atoms with van der Waals surface area (Å²) in [6.07, 6.45) is 5.81. The zero-order valence-electron chi connectivity index (χ0n) is 13.4. The Hall–Kier alpha value is -0.610. The highest BCUT2D eigenvalue weighted by Crippen LogP contribution is 2.20. The first-order valence-electron chi connectivity index (χ1n) is 8.12. The first kappa shape index (κ1) is 15.8. The number of piperidine rings is 1. The molecule has 1 unspecified atom stereocenters. The summed E-state index contributed by atoms with van der Waals surface area (Å²) in [4.78, 5) is 16.9. The van der Waals surface area contributed by atoms with E-state index in [4.69, 9.17) is 4.74 Å². The SMILES string of the molecule is CC(C)(C)OC(=O)CCN1CCCC(N2CCCC2)C1. The normalized spacial score (nSPS) is 25.9. The Morgan fingerprint density at radius 2 is 1.85 bits per heavy atom. The van der Waals surface area contributed by atoms with E-state index in [0.717, 1.165) is 19.6 Å². The van der Waals surface area contributed by atoms with Crippen LogP contribution in [0.4, 0.5) is 0 Å². The second-order valence-electron chi connectivity index (χ2n) is 7.18. The summed E-state index contributed by atoms with van der Waals surface area (Å²) < 4.78 is 5.38. The number of nitrogens with zero attached hydrogens (tertiary/aromatic N) is 2. The topological polar surface area (TPSA) is 32.8 Å². The summed E-state index contributed by atoms with van der Waals surface area (Å²) in [5.41, 5.74) is -0.364. The first-order chi connectivity index (χ1) is 9.44. The fraction of sp³-hybridized carbons (Fsp3) is 0.938. The smallest absolute Gasteiger partial charge is 0.307 e. The zero-order valence-corrected chi connectivity index (χ0v) is 13.4. The fourth-order valence-corrected chi connectivity index (χ4v) is 3.28. The minimum absolute atomic E-state index is 0.0687. The van der Waals surface area contributed by atoms with Gasteiger partial charge in [-0.3, -0.25) is 9.69 Å². The van der Waals surface area contributed by atoms with E-state index in [-0.39, 0.29) is 11.6 Å². The molecule has 0 aromatic heterocycles. The van der Waals surface area contributed by atoms with Gasteiger partial charge in [-0.1, -0.05) is 0 Å². The number of ether oxygens (including phenoxy) is 1. The number of rotatable bonds is 4. The number of carbonyl (C=O) groups excluding carboxylic acids is 1. The molecule has 116 valence electrons. The van der Waals surface area contributed by atoms with E-state index in [9.17, 15) is 4.79 Å². The van der Waals surface area contributed by atoms with Gasteiger partial charge in [0.1, 0.15) is 5.60 Å². The second-order valence-corrected chi connectivity index (χ2v) is 7.18. The van der Waals surface area contributed by atoms with Gasteiger partial charge in [0.2, 0.25) is 0 Å². The molecule has 0 spiro atoms.